The third-order valence-electron chi connectivity index (χ3n) is 6.74. The van der Waals surface area contributed by atoms with Crippen LogP contribution >= 0.6 is 41.9 Å². The molecule has 6 rings (SSSR count). The molecule has 0 unspecified atom stereocenters. The number of hydrogen-bond donors (Lipinski definition) is 0. The fraction of sp³-hybridized carbons (Fsp3) is 0. The van der Waals surface area contributed by atoms with E-state index in [2.05, 4.69) is 177 Å². The molecule has 3 heteroatoms. The first-order valence-electron chi connectivity index (χ1n) is 12.1. The Balaban J connectivity index is 1.61. The Bertz CT molecular complexity index is 1610. The van der Waals surface area contributed by atoms with Crippen LogP contribution in [-0.4, -0.2) is 0 Å². The Labute approximate surface area is 236 Å². The van der Waals surface area contributed by atoms with Crippen LogP contribution in [0.2, 0.25) is 0 Å². The lowest BCUT2D eigenvalue weighted by Crippen LogP contribution is -2.05. The summed E-state index contributed by atoms with van der Waals surface area (Å²) >= 11 is 7.30. The van der Waals surface area contributed by atoms with E-state index in [0.29, 0.717) is 0 Å². The van der Waals surface area contributed by atoms with Gasteiger partial charge >= 0.3 is 0 Å². The molecule has 6 aromatic rings. The highest BCUT2D eigenvalue weighted by molar-refractivity contribution is 9.10. The Morgan fingerprint density at radius 1 is 0.378 bits per heavy atom. The van der Waals surface area contributed by atoms with E-state index in [1.807, 2.05) is 0 Å². The molecule has 37 heavy (non-hydrogen) atoms. The summed E-state index contributed by atoms with van der Waals surface area (Å²) in [4.78, 5) is 5.24. The van der Waals surface area contributed by atoms with Crippen molar-refractivity contribution in [1.29, 1.82) is 0 Å². The SMILES string of the molecule is Brc1ccc(S(c2ccccc2)(c2ccc(Br)cc2)c2ccc(-c3cccc4ccccc34)cc2)cc1. The first kappa shape index (κ1) is 24.2. The summed E-state index contributed by atoms with van der Waals surface area (Å²) in [5.41, 5.74) is 2.49. The van der Waals surface area contributed by atoms with E-state index in [9.17, 15) is 0 Å². The van der Waals surface area contributed by atoms with Crippen LogP contribution in [0.25, 0.3) is 21.9 Å². The molecule has 6 aromatic carbocycles. The third-order valence-corrected chi connectivity index (χ3v) is 11.7. The quantitative estimate of drug-likeness (QED) is 0.179. The lowest BCUT2D eigenvalue weighted by atomic mass is 9.98. The van der Waals surface area contributed by atoms with Crippen molar-refractivity contribution in [1.82, 2.24) is 0 Å². The Kier molecular flexibility index (Phi) is 6.77. The summed E-state index contributed by atoms with van der Waals surface area (Å²) in [5, 5.41) is 2.54. The zero-order valence-electron chi connectivity index (χ0n) is 20.0. The van der Waals surface area contributed by atoms with Gasteiger partial charge in [0.25, 0.3) is 0 Å². The van der Waals surface area contributed by atoms with Gasteiger partial charge in [0.1, 0.15) is 0 Å². The maximum Gasteiger partial charge on any atom is 0.0176 e. The Hall–Kier alpha value is -3.11. The fourth-order valence-electron chi connectivity index (χ4n) is 5.03. The normalized spacial score (nSPS) is 11.9. The van der Waals surface area contributed by atoms with E-state index in [4.69, 9.17) is 0 Å². The number of fused-ring (bicyclic) bond motifs is 1. The molecule has 0 heterocycles. The molecule has 0 nitrogen and oxygen atoms in total. The van der Waals surface area contributed by atoms with Gasteiger partial charge in [0.2, 0.25) is 0 Å². The maximum atomic E-state index is 3.65. The molecule has 0 aromatic heterocycles. The van der Waals surface area contributed by atoms with Crippen LogP contribution in [0.5, 0.6) is 0 Å². The van der Waals surface area contributed by atoms with Crippen LogP contribution in [-0.2, 0) is 0 Å². The van der Waals surface area contributed by atoms with Crippen LogP contribution in [0.15, 0.2) is 174 Å². The van der Waals surface area contributed by atoms with Gasteiger partial charge in [0.05, 0.1) is 0 Å². The molecule has 0 N–H and O–H groups in total. The smallest absolute Gasteiger partial charge is 0.0176 e. The Morgan fingerprint density at radius 3 is 1.43 bits per heavy atom. The number of hydrogen-bond acceptors (Lipinski definition) is 0. The first-order chi connectivity index (χ1) is 18.2. The van der Waals surface area contributed by atoms with Crippen molar-refractivity contribution in [3.8, 4) is 11.1 Å². The predicted octanol–water partition coefficient (Wildman–Crippen LogP) is 11.4. The largest absolute Gasteiger partial charge is 0.133 e. The number of rotatable bonds is 5. The summed E-state index contributed by atoms with van der Waals surface area (Å²) < 4.78 is 2.17. The zero-order valence-corrected chi connectivity index (χ0v) is 24.0. The van der Waals surface area contributed by atoms with Crippen molar-refractivity contribution in [2.45, 2.75) is 19.6 Å². The summed E-state index contributed by atoms with van der Waals surface area (Å²) in [6, 6.07) is 53.1. The van der Waals surface area contributed by atoms with E-state index in [-0.39, 0.29) is 0 Å². The predicted molar refractivity (Wildman–Crippen MR) is 165 cm³/mol. The van der Waals surface area contributed by atoms with Gasteiger partial charge in [-0.3, -0.25) is 0 Å². The van der Waals surface area contributed by atoms with Gasteiger partial charge in [0, 0.05) is 28.5 Å². The van der Waals surface area contributed by atoms with Gasteiger partial charge in [-0.2, -0.15) is 0 Å². The molecule has 0 atom stereocenters. The van der Waals surface area contributed by atoms with Gasteiger partial charge in [-0.15, -0.1) is 10.0 Å². The molecule has 0 aliphatic rings. The minimum atomic E-state index is -1.73. The van der Waals surface area contributed by atoms with Crippen molar-refractivity contribution < 1.29 is 0 Å². The fourth-order valence-corrected chi connectivity index (χ4v) is 9.39. The molecular weight excluding hydrogens is 600 g/mol. The average Bonchev–Trinajstić information content (AvgIpc) is 2.96. The van der Waals surface area contributed by atoms with E-state index in [0.717, 1.165) is 8.95 Å². The highest BCUT2D eigenvalue weighted by Crippen LogP contribution is 2.73. The molecular formula is C34H24Br2S. The summed E-state index contributed by atoms with van der Waals surface area (Å²) in [6.07, 6.45) is 0. The molecule has 0 saturated heterocycles. The van der Waals surface area contributed by atoms with Crippen molar-refractivity contribution in [3.63, 3.8) is 0 Å². The third kappa shape index (κ3) is 4.46. The lowest BCUT2D eigenvalue weighted by molar-refractivity contribution is 1.24. The monoisotopic (exact) mass is 622 g/mol. The van der Waals surface area contributed by atoms with Crippen LogP contribution < -0.4 is 0 Å². The van der Waals surface area contributed by atoms with Crippen molar-refractivity contribution in [2.24, 2.45) is 0 Å². The zero-order chi connectivity index (χ0) is 25.2. The van der Waals surface area contributed by atoms with E-state index < -0.39 is 10.0 Å². The minimum Gasteiger partial charge on any atom is -0.133 e. The van der Waals surface area contributed by atoms with Crippen LogP contribution in [0, 0.1) is 0 Å². The second-order valence-corrected chi connectivity index (χ2v) is 13.8. The standard InChI is InChI=1S/C34H24Br2S/c35-27-15-21-31(22-16-27)37(29-9-2-1-3-10-29,32-23-17-28(36)18-24-32)30-19-13-26(14-20-30)34-12-6-8-25-7-4-5-11-33(25)34/h1-24H. The van der Waals surface area contributed by atoms with Gasteiger partial charge in [-0.25, -0.2) is 0 Å². The van der Waals surface area contributed by atoms with Crippen LogP contribution in [0.3, 0.4) is 0 Å². The molecule has 0 amide bonds. The molecule has 0 aliphatic carbocycles. The topological polar surface area (TPSA) is 0 Å². The van der Waals surface area contributed by atoms with Crippen molar-refractivity contribution in [3.05, 3.63) is 155 Å². The van der Waals surface area contributed by atoms with Gasteiger partial charge in [-0.1, -0.05) is 105 Å². The number of benzene rings is 6. The van der Waals surface area contributed by atoms with Crippen LogP contribution in [0.1, 0.15) is 0 Å². The second kappa shape index (κ2) is 10.3. The molecule has 0 spiro atoms. The molecule has 0 saturated carbocycles. The number of halogens is 2. The Morgan fingerprint density at radius 2 is 0.838 bits per heavy atom. The van der Waals surface area contributed by atoms with E-state index in [1.54, 1.807) is 0 Å². The van der Waals surface area contributed by atoms with Gasteiger partial charge in [-0.05, 0) is 94.7 Å². The minimum absolute atomic E-state index is 1.08. The second-order valence-electron chi connectivity index (χ2n) is 8.88. The highest BCUT2D eigenvalue weighted by atomic mass is 79.9. The first-order valence-corrected chi connectivity index (χ1v) is 15.4. The van der Waals surface area contributed by atoms with Gasteiger partial charge < -0.3 is 0 Å². The van der Waals surface area contributed by atoms with E-state index in [1.165, 1.54) is 41.5 Å². The van der Waals surface area contributed by atoms with E-state index >= 15 is 0 Å². The average molecular weight is 624 g/mol. The van der Waals surface area contributed by atoms with Gasteiger partial charge in [0.15, 0.2) is 0 Å². The molecule has 0 aliphatic heterocycles. The summed E-state index contributed by atoms with van der Waals surface area (Å²) in [5.74, 6) is 0. The van der Waals surface area contributed by atoms with Crippen molar-refractivity contribution >= 4 is 52.7 Å². The maximum absolute atomic E-state index is 3.65. The molecule has 0 radical (unpaired) electrons. The summed E-state index contributed by atoms with van der Waals surface area (Å²) in [7, 11) is -1.73. The summed E-state index contributed by atoms with van der Waals surface area (Å²) in [6.45, 7) is 0. The van der Waals surface area contributed by atoms with Crippen LogP contribution in [0.4, 0.5) is 0 Å². The highest BCUT2D eigenvalue weighted by Gasteiger charge is 2.33. The molecule has 0 bridgehead atoms. The molecule has 0 fully saturated rings. The molecule has 180 valence electrons. The van der Waals surface area contributed by atoms with Crippen molar-refractivity contribution in [2.75, 3.05) is 0 Å². The lowest BCUT2D eigenvalue weighted by Gasteiger charge is -2.42.